The van der Waals surface area contributed by atoms with Gasteiger partial charge in [-0.05, 0) is 42.3 Å². The lowest BCUT2D eigenvalue weighted by atomic mass is 10.1. The van der Waals surface area contributed by atoms with Crippen LogP contribution >= 0.6 is 11.6 Å². The molecule has 0 aliphatic carbocycles. The first-order chi connectivity index (χ1) is 16.1. The van der Waals surface area contributed by atoms with Crippen LogP contribution < -0.4 is 5.32 Å². The highest BCUT2D eigenvalue weighted by molar-refractivity contribution is 6.30. The third-order valence-corrected chi connectivity index (χ3v) is 5.62. The van der Waals surface area contributed by atoms with Crippen molar-refractivity contribution < 1.29 is 9.21 Å². The first-order valence-corrected chi connectivity index (χ1v) is 11.1. The van der Waals surface area contributed by atoms with E-state index in [0.717, 1.165) is 11.3 Å². The molecule has 2 aromatic heterocycles. The summed E-state index contributed by atoms with van der Waals surface area (Å²) in [6, 6.07) is 23.7. The van der Waals surface area contributed by atoms with Gasteiger partial charge in [-0.1, -0.05) is 60.1 Å². The zero-order valence-corrected chi connectivity index (χ0v) is 19.1. The average Bonchev–Trinajstić information content (AvgIpc) is 3.32. The highest BCUT2D eigenvalue weighted by atomic mass is 35.5. The molecule has 0 fully saturated rings. The largest absolute Gasteiger partial charge is 0.447 e. The summed E-state index contributed by atoms with van der Waals surface area (Å²) in [4.78, 5) is 23.4. The highest BCUT2D eigenvalue weighted by Crippen LogP contribution is 2.25. The summed E-state index contributed by atoms with van der Waals surface area (Å²) < 4.78 is 5.66. The van der Waals surface area contributed by atoms with Gasteiger partial charge in [-0.3, -0.25) is 14.7 Å². The molecule has 0 saturated heterocycles. The Morgan fingerprint density at radius 1 is 1.06 bits per heavy atom. The number of nitrogens with one attached hydrogen (secondary N) is 1. The van der Waals surface area contributed by atoms with Gasteiger partial charge in [-0.15, -0.1) is 0 Å². The first kappa shape index (κ1) is 22.7. The van der Waals surface area contributed by atoms with Gasteiger partial charge in [-0.25, -0.2) is 4.98 Å². The van der Waals surface area contributed by atoms with E-state index in [2.05, 4.69) is 39.2 Å². The standard InChI is InChI=1S/C26H25ClN4O2/c1-19(21-9-3-2-4-10-21)31(16-20-8-7-11-22(27)14-20)17-25-30-24(18-33-25)26(32)29-15-23-12-5-6-13-28-23/h2-14,18-19H,15-17H2,1H3,(H,29,32). The number of oxazole rings is 1. The van der Waals surface area contributed by atoms with E-state index in [9.17, 15) is 4.79 Å². The number of carbonyl (C=O) groups is 1. The van der Waals surface area contributed by atoms with E-state index >= 15 is 0 Å². The predicted molar refractivity (Wildman–Crippen MR) is 127 cm³/mol. The highest BCUT2D eigenvalue weighted by Gasteiger charge is 2.20. The number of benzene rings is 2. The maximum Gasteiger partial charge on any atom is 0.273 e. The Morgan fingerprint density at radius 3 is 2.64 bits per heavy atom. The van der Waals surface area contributed by atoms with Crippen LogP contribution in [-0.2, 0) is 19.6 Å². The quantitative estimate of drug-likeness (QED) is 0.361. The molecule has 1 atom stereocenters. The number of pyridine rings is 1. The molecule has 0 aliphatic rings. The monoisotopic (exact) mass is 460 g/mol. The van der Waals surface area contributed by atoms with E-state index in [4.69, 9.17) is 16.0 Å². The fraction of sp³-hybridized carbons (Fsp3) is 0.192. The zero-order chi connectivity index (χ0) is 23.0. The van der Waals surface area contributed by atoms with E-state index < -0.39 is 0 Å². The van der Waals surface area contributed by atoms with Crippen molar-refractivity contribution in [2.45, 2.75) is 32.6 Å². The maximum absolute atomic E-state index is 12.5. The molecule has 7 heteroatoms. The Bertz CT molecular complexity index is 1180. The second kappa shape index (κ2) is 10.9. The summed E-state index contributed by atoms with van der Waals surface area (Å²) in [6.45, 7) is 3.56. The van der Waals surface area contributed by atoms with E-state index in [1.807, 2.05) is 60.7 Å². The minimum atomic E-state index is -0.298. The SMILES string of the molecule is CC(c1ccccc1)N(Cc1cccc(Cl)c1)Cc1nc(C(=O)NCc2ccccn2)co1. The predicted octanol–water partition coefficient (Wildman–Crippen LogP) is 5.42. The molecule has 0 spiro atoms. The van der Waals surface area contributed by atoms with Crippen LogP contribution in [0.1, 0.15) is 46.2 Å². The average molecular weight is 461 g/mol. The first-order valence-electron chi connectivity index (χ1n) is 10.7. The molecule has 1 N–H and O–H groups in total. The van der Waals surface area contributed by atoms with Crippen molar-refractivity contribution in [3.63, 3.8) is 0 Å². The van der Waals surface area contributed by atoms with Crippen molar-refractivity contribution in [1.82, 2.24) is 20.2 Å². The number of rotatable bonds is 9. The van der Waals surface area contributed by atoms with E-state index in [0.29, 0.717) is 30.5 Å². The smallest absolute Gasteiger partial charge is 0.273 e. The lowest BCUT2D eigenvalue weighted by Gasteiger charge is -2.28. The molecule has 1 unspecified atom stereocenters. The van der Waals surface area contributed by atoms with Gasteiger partial charge in [-0.2, -0.15) is 0 Å². The van der Waals surface area contributed by atoms with E-state index in [-0.39, 0.29) is 17.6 Å². The molecule has 1 amide bonds. The van der Waals surface area contributed by atoms with Crippen molar-refractivity contribution in [1.29, 1.82) is 0 Å². The Morgan fingerprint density at radius 2 is 1.88 bits per heavy atom. The molecular formula is C26H25ClN4O2. The second-order valence-electron chi connectivity index (χ2n) is 7.75. The van der Waals surface area contributed by atoms with Crippen LogP contribution in [0.3, 0.4) is 0 Å². The molecule has 4 aromatic rings. The number of hydrogen-bond donors (Lipinski definition) is 1. The van der Waals surface area contributed by atoms with Crippen LogP contribution in [0, 0.1) is 0 Å². The summed E-state index contributed by atoms with van der Waals surface area (Å²) in [6.07, 6.45) is 3.09. The lowest BCUT2D eigenvalue weighted by Crippen LogP contribution is -2.27. The van der Waals surface area contributed by atoms with Gasteiger partial charge in [0.25, 0.3) is 5.91 Å². The molecule has 2 heterocycles. The topological polar surface area (TPSA) is 71.3 Å². The van der Waals surface area contributed by atoms with Crippen molar-refractivity contribution in [3.05, 3.63) is 119 Å². The van der Waals surface area contributed by atoms with Crippen LogP contribution in [0.5, 0.6) is 0 Å². The lowest BCUT2D eigenvalue weighted by molar-refractivity contribution is 0.0945. The number of amides is 1. The molecule has 6 nitrogen and oxygen atoms in total. The summed E-state index contributed by atoms with van der Waals surface area (Å²) in [5.41, 5.74) is 3.29. The van der Waals surface area contributed by atoms with Crippen LogP contribution in [-0.4, -0.2) is 20.8 Å². The van der Waals surface area contributed by atoms with Gasteiger partial charge in [0.1, 0.15) is 6.26 Å². The Labute approximate surface area is 198 Å². The molecule has 33 heavy (non-hydrogen) atoms. The van der Waals surface area contributed by atoms with Crippen LogP contribution in [0.4, 0.5) is 0 Å². The minimum Gasteiger partial charge on any atom is -0.447 e. The Kier molecular flexibility index (Phi) is 7.50. The summed E-state index contributed by atoms with van der Waals surface area (Å²) in [5.74, 6) is 0.177. The number of nitrogens with zero attached hydrogens (tertiary/aromatic N) is 3. The zero-order valence-electron chi connectivity index (χ0n) is 18.3. The minimum absolute atomic E-state index is 0.0958. The third kappa shape index (κ3) is 6.28. The number of aromatic nitrogens is 2. The molecule has 0 radical (unpaired) electrons. The molecular weight excluding hydrogens is 436 g/mol. The Balaban J connectivity index is 1.47. The van der Waals surface area contributed by atoms with Gasteiger partial charge in [0.05, 0.1) is 18.8 Å². The summed E-state index contributed by atoms with van der Waals surface area (Å²) >= 11 is 6.20. The molecule has 0 aliphatic heterocycles. The molecule has 0 bridgehead atoms. The maximum atomic E-state index is 12.5. The summed E-state index contributed by atoms with van der Waals surface area (Å²) in [7, 11) is 0. The van der Waals surface area contributed by atoms with Crippen LogP contribution in [0.25, 0.3) is 0 Å². The number of carbonyl (C=O) groups excluding carboxylic acids is 1. The molecule has 4 rings (SSSR count). The van der Waals surface area contributed by atoms with E-state index in [1.54, 1.807) is 6.20 Å². The van der Waals surface area contributed by atoms with Gasteiger partial charge in [0.2, 0.25) is 5.89 Å². The van der Waals surface area contributed by atoms with Crippen LogP contribution in [0.15, 0.2) is 89.7 Å². The van der Waals surface area contributed by atoms with Gasteiger partial charge >= 0.3 is 0 Å². The molecule has 168 valence electrons. The summed E-state index contributed by atoms with van der Waals surface area (Å²) in [5, 5.41) is 3.52. The third-order valence-electron chi connectivity index (χ3n) is 5.38. The Hall–Kier alpha value is -3.48. The fourth-order valence-electron chi connectivity index (χ4n) is 3.57. The van der Waals surface area contributed by atoms with Gasteiger partial charge in [0, 0.05) is 23.8 Å². The number of hydrogen-bond acceptors (Lipinski definition) is 5. The normalized spacial score (nSPS) is 12.0. The number of halogens is 1. The van der Waals surface area contributed by atoms with E-state index in [1.165, 1.54) is 11.8 Å². The van der Waals surface area contributed by atoms with Crippen molar-refractivity contribution in [2.75, 3.05) is 0 Å². The molecule has 0 saturated carbocycles. The van der Waals surface area contributed by atoms with Crippen LogP contribution in [0.2, 0.25) is 5.02 Å². The van der Waals surface area contributed by atoms with Crippen molar-refractivity contribution in [2.24, 2.45) is 0 Å². The van der Waals surface area contributed by atoms with Gasteiger partial charge in [0.15, 0.2) is 5.69 Å². The van der Waals surface area contributed by atoms with Crippen molar-refractivity contribution in [3.8, 4) is 0 Å². The van der Waals surface area contributed by atoms with Crippen molar-refractivity contribution >= 4 is 17.5 Å². The van der Waals surface area contributed by atoms with Gasteiger partial charge < -0.3 is 9.73 Å². The molecule has 2 aromatic carbocycles. The second-order valence-corrected chi connectivity index (χ2v) is 8.19. The fourth-order valence-corrected chi connectivity index (χ4v) is 3.78.